The second kappa shape index (κ2) is 7.05. The highest BCUT2D eigenvalue weighted by Gasteiger charge is 2.17. The molecule has 26 heavy (non-hydrogen) atoms. The highest BCUT2D eigenvalue weighted by molar-refractivity contribution is 5.90. The van der Waals surface area contributed by atoms with E-state index in [0.29, 0.717) is 23.8 Å². The molecule has 1 atom stereocenters. The summed E-state index contributed by atoms with van der Waals surface area (Å²) in [6.07, 6.45) is 2.30. The Labute approximate surface area is 150 Å². The lowest BCUT2D eigenvalue weighted by atomic mass is 10.1. The number of hydrogen-bond donors (Lipinski definition) is 1. The minimum Gasteiger partial charge on any atom is -0.376 e. The number of nitrogens with one attached hydrogen (secondary N) is 1. The Morgan fingerprint density at radius 1 is 1.19 bits per heavy atom. The van der Waals surface area contributed by atoms with E-state index in [0.717, 1.165) is 30.4 Å². The van der Waals surface area contributed by atoms with Gasteiger partial charge in [-0.3, -0.25) is 10.1 Å². The molecular formula is C19H18N4O3. The average Bonchev–Trinajstić information content (AvgIpc) is 3.19. The van der Waals surface area contributed by atoms with Gasteiger partial charge in [-0.15, -0.1) is 0 Å². The van der Waals surface area contributed by atoms with E-state index in [1.165, 1.54) is 12.1 Å². The summed E-state index contributed by atoms with van der Waals surface area (Å²) in [5, 5.41) is 15.3. The first-order valence-corrected chi connectivity index (χ1v) is 8.58. The lowest BCUT2D eigenvalue weighted by Crippen LogP contribution is -2.19. The van der Waals surface area contributed by atoms with Gasteiger partial charge in [0.05, 0.1) is 16.5 Å². The highest BCUT2D eigenvalue weighted by Crippen LogP contribution is 2.27. The van der Waals surface area contributed by atoms with Gasteiger partial charge in [0.25, 0.3) is 5.69 Å². The Bertz CT molecular complexity index is 954. The van der Waals surface area contributed by atoms with Crippen molar-refractivity contribution in [1.29, 1.82) is 0 Å². The summed E-state index contributed by atoms with van der Waals surface area (Å²) in [6.45, 7) is 1.48. The van der Waals surface area contributed by atoms with Gasteiger partial charge in [-0.25, -0.2) is 9.97 Å². The SMILES string of the molecule is O=[N+]([O-])c1cccc(-c2nc(NC[C@@H]3CCCO3)c3ccccc3n2)c1. The van der Waals surface area contributed by atoms with Crippen LogP contribution in [0, 0.1) is 10.1 Å². The van der Waals surface area contributed by atoms with Gasteiger partial charge in [0.15, 0.2) is 5.82 Å². The molecule has 0 amide bonds. The summed E-state index contributed by atoms with van der Waals surface area (Å²) in [5.41, 5.74) is 1.43. The van der Waals surface area contributed by atoms with Crippen LogP contribution in [-0.4, -0.2) is 34.1 Å². The van der Waals surface area contributed by atoms with Gasteiger partial charge in [0.2, 0.25) is 0 Å². The first-order valence-electron chi connectivity index (χ1n) is 8.58. The molecule has 0 radical (unpaired) electrons. The molecule has 132 valence electrons. The molecule has 0 saturated carbocycles. The number of fused-ring (bicyclic) bond motifs is 1. The third kappa shape index (κ3) is 3.34. The first kappa shape index (κ1) is 16.4. The maximum absolute atomic E-state index is 11.1. The van der Waals surface area contributed by atoms with Crippen molar-refractivity contribution in [2.45, 2.75) is 18.9 Å². The fourth-order valence-electron chi connectivity index (χ4n) is 3.11. The van der Waals surface area contributed by atoms with Gasteiger partial charge in [-0.1, -0.05) is 24.3 Å². The van der Waals surface area contributed by atoms with E-state index < -0.39 is 4.92 Å². The molecule has 0 spiro atoms. The topological polar surface area (TPSA) is 90.2 Å². The zero-order valence-corrected chi connectivity index (χ0v) is 14.1. The fraction of sp³-hybridized carbons (Fsp3) is 0.263. The van der Waals surface area contributed by atoms with E-state index in [9.17, 15) is 10.1 Å². The lowest BCUT2D eigenvalue weighted by Gasteiger charge is -2.14. The smallest absolute Gasteiger partial charge is 0.270 e. The van der Waals surface area contributed by atoms with Gasteiger partial charge in [0, 0.05) is 36.2 Å². The third-order valence-corrected chi connectivity index (χ3v) is 4.44. The van der Waals surface area contributed by atoms with E-state index >= 15 is 0 Å². The van der Waals surface area contributed by atoms with Crippen LogP contribution in [0.25, 0.3) is 22.3 Å². The van der Waals surface area contributed by atoms with Crippen LogP contribution in [0.15, 0.2) is 48.5 Å². The zero-order valence-electron chi connectivity index (χ0n) is 14.1. The minimum atomic E-state index is -0.416. The summed E-state index contributed by atoms with van der Waals surface area (Å²) >= 11 is 0. The van der Waals surface area contributed by atoms with Gasteiger partial charge < -0.3 is 10.1 Å². The molecule has 1 aliphatic rings. The van der Waals surface area contributed by atoms with Crippen LogP contribution < -0.4 is 5.32 Å². The van der Waals surface area contributed by atoms with Crippen molar-refractivity contribution in [1.82, 2.24) is 9.97 Å². The van der Waals surface area contributed by atoms with Crippen LogP contribution in [0.2, 0.25) is 0 Å². The molecule has 1 saturated heterocycles. The Hall–Kier alpha value is -3.06. The number of anilines is 1. The van der Waals surface area contributed by atoms with E-state index in [1.807, 2.05) is 24.3 Å². The highest BCUT2D eigenvalue weighted by atomic mass is 16.6. The standard InChI is InChI=1S/C19H18N4O3/c24-23(25)14-6-3-5-13(11-14)18-21-17-9-2-1-8-16(17)19(22-18)20-12-15-7-4-10-26-15/h1-3,5-6,8-9,11,15H,4,7,10,12H2,(H,20,21,22)/t15-/m0/s1. The van der Waals surface area contributed by atoms with Crippen molar-refractivity contribution in [2.24, 2.45) is 0 Å². The molecule has 1 fully saturated rings. The molecule has 3 aromatic rings. The second-order valence-corrected chi connectivity index (χ2v) is 6.24. The molecule has 0 aliphatic carbocycles. The Kier molecular flexibility index (Phi) is 4.45. The van der Waals surface area contributed by atoms with Gasteiger partial charge >= 0.3 is 0 Å². The van der Waals surface area contributed by atoms with E-state index in [1.54, 1.807) is 12.1 Å². The maximum Gasteiger partial charge on any atom is 0.270 e. The van der Waals surface area contributed by atoms with Crippen LogP contribution in [0.5, 0.6) is 0 Å². The molecule has 0 unspecified atom stereocenters. The van der Waals surface area contributed by atoms with E-state index in [2.05, 4.69) is 15.3 Å². The fourth-order valence-corrected chi connectivity index (χ4v) is 3.11. The summed E-state index contributed by atoms with van der Waals surface area (Å²) < 4.78 is 5.66. The third-order valence-electron chi connectivity index (χ3n) is 4.44. The molecule has 0 bridgehead atoms. The largest absolute Gasteiger partial charge is 0.376 e. The summed E-state index contributed by atoms with van der Waals surface area (Å²) in [6, 6.07) is 14.1. The Morgan fingerprint density at radius 2 is 2.08 bits per heavy atom. The number of hydrogen-bond acceptors (Lipinski definition) is 6. The molecule has 1 N–H and O–H groups in total. The van der Waals surface area contributed by atoms with Crippen LogP contribution in [0.3, 0.4) is 0 Å². The summed E-state index contributed by atoms with van der Waals surface area (Å²) in [5.74, 6) is 1.18. The monoisotopic (exact) mass is 350 g/mol. The summed E-state index contributed by atoms with van der Waals surface area (Å²) in [4.78, 5) is 19.8. The van der Waals surface area contributed by atoms with Crippen molar-refractivity contribution >= 4 is 22.4 Å². The number of nitro benzene ring substituents is 1. The number of nitro groups is 1. The van der Waals surface area contributed by atoms with Crippen LogP contribution >= 0.6 is 0 Å². The first-order chi connectivity index (χ1) is 12.7. The average molecular weight is 350 g/mol. The van der Waals surface area contributed by atoms with E-state index in [4.69, 9.17) is 4.74 Å². The molecule has 4 rings (SSSR count). The summed E-state index contributed by atoms with van der Waals surface area (Å²) in [7, 11) is 0. The minimum absolute atomic E-state index is 0.0214. The van der Waals surface area contributed by atoms with Gasteiger partial charge in [0.1, 0.15) is 5.82 Å². The van der Waals surface area contributed by atoms with Crippen molar-refractivity contribution in [3.05, 3.63) is 58.6 Å². The van der Waals surface area contributed by atoms with Crippen LogP contribution in [-0.2, 0) is 4.74 Å². The number of para-hydroxylation sites is 1. The van der Waals surface area contributed by atoms with Gasteiger partial charge in [-0.05, 0) is 25.0 Å². The zero-order chi connectivity index (χ0) is 17.9. The Morgan fingerprint density at radius 3 is 2.88 bits per heavy atom. The van der Waals surface area contributed by atoms with E-state index in [-0.39, 0.29) is 11.8 Å². The number of benzene rings is 2. The number of nitrogens with zero attached hydrogens (tertiary/aromatic N) is 3. The van der Waals surface area contributed by atoms with Gasteiger partial charge in [-0.2, -0.15) is 0 Å². The van der Waals surface area contributed by atoms with Crippen molar-refractivity contribution < 1.29 is 9.66 Å². The quantitative estimate of drug-likeness (QED) is 0.556. The molecule has 1 aromatic heterocycles. The number of ether oxygens (including phenoxy) is 1. The predicted octanol–water partition coefficient (Wildman–Crippen LogP) is 3.80. The number of aromatic nitrogens is 2. The normalized spacial score (nSPS) is 16.7. The van der Waals surface area contributed by atoms with Crippen LogP contribution in [0.4, 0.5) is 11.5 Å². The van der Waals surface area contributed by atoms with Crippen LogP contribution in [0.1, 0.15) is 12.8 Å². The second-order valence-electron chi connectivity index (χ2n) is 6.24. The molecule has 7 heteroatoms. The molecule has 2 heterocycles. The predicted molar refractivity (Wildman–Crippen MR) is 99.1 cm³/mol. The van der Waals surface area contributed by atoms with Crippen molar-refractivity contribution in [3.63, 3.8) is 0 Å². The lowest BCUT2D eigenvalue weighted by molar-refractivity contribution is -0.384. The van der Waals surface area contributed by atoms with Crippen molar-refractivity contribution in [2.75, 3.05) is 18.5 Å². The molecular weight excluding hydrogens is 332 g/mol. The number of rotatable bonds is 5. The number of non-ortho nitro benzene ring substituents is 1. The molecule has 7 nitrogen and oxygen atoms in total. The molecule has 1 aliphatic heterocycles. The molecule has 2 aromatic carbocycles. The maximum atomic E-state index is 11.1. The Balaban J connectivity index is 1.73. The van der Waals surface area contributed by atoms with Crippen molar-refractivity contribution in [3.8, 4) is 11.4 Å².